The maximum Gasteiger partial charge on any atom is 0.174 e. The van der Waals surface area contributed by atoms with Gasteiger partial charge in [0.2, 0.25) is 0 Å². The number of aryl methyl sites for hydroxylation is 3. The van der Waals surface area contributed by atoms with Crippen molar-refractivity contribution in [3.8, 4) is 11.4 Å². The second kappa shape index (κ2) is 10.0. The molecule has 190 valence electrons. The Balaban J connectivity index is 1.65. The van der Waals surface area contributed by atoms with Gasteiger partial charge in [-0.25, -0.2) is 0 Å². The maximum absolute atomic E-state index is 5.95. The van der Waals surface area contributed by atoms with E-state index in [1.807, 2.05) is 44.3 Å². The Morgan fingerprint density at radius 3 is 2.24 bits per heavy atom. The largest absolute Gasteiger partial charge is 0.491 e. The van der Waals surface area contributed by atoms with Crippen LogP contribution in [0, 0.1) is 27.7 Å². The quantitative estimate of drug-likeness (QED) is 0.281. The minimum absolute atomic E-state index is 0.0662. The van der Waals surface area contributed by atoms with Gasteiger partial charge < -0.3 is 19.5 Å². The van der Waals surface area contributed by atoms with Crippen LogP contribution in [-0.4, -0.2) is 20.8 Å². The van der Waals surface area contributed by atoms with Crippen LogP contribution in [0.4, 0.5) is 5.69 Å². The van der Waals surface area contributed by atoms with Gasteiger partial charge in [-0.05, 0) is 113 Å². The lowest BCUT2D eigenvalue weighted by molar-refractivity contribution is 0.242. The molecule has 1 aliphatic rings. The van der Waals surface area contributed by atoms with Gasteiger partial charge in [0.15, 0.2) is 5.11 Å². The summed E-state index contributed by atoms with van der Waals surface area (Å²) in [6.07, 6.45) is 1.97. The molecule has 2 aromatic heterocycles. The third-order valence-corrected chi connectivity index (χ3v) is 7.35. The molecule has 0 unspecified atom stereocenters. The molecular formula is C31H34N4OS. The number of para-hydroxylation sites is 1. The highest BCUT2D eigenvalue weighted by Gasteiger charge is 2.42. The van der Waals surface area contributed by atoms with Crippen molar-refractivity contribution < 1.29 is 4.74 Å². The molecule has 0 aliphatic carbocycles. The Bertz CT molecular complexity index is 1410. The number of pyridine rings is 1. The summed E-state index contributed by atoms with van der Waals surface area (Å²) in [6, 6.07) is 22.9. The summed E-state index contributed by atoms with van der Waals surface area (Å²) in [7, 11) is 0. The summed E-state index contributed by atoms with van der Waals surface area (Å²) < 4.78 is 8.27. The first-order valence-electron chi connectivity index (χ1n) is 12.8. The molecular weight excluding hydrogens is 476 g/mol. The van der Waals surface area contributed by atoms with Crippen molar-refractivity contribution in [3.63, 3.8) is 0 Å². The number of anilines is 1. The molecule has 1 saturated heterocycles. The summed E-state index contributed by atoms with van der Waals surface area (Å²) in [5.41, 5.74) is 9.38. The standard InChI is InChI=1S/C31H34N4OS/c1-19(2)36-25-15-13-24(14-16-25)35-30(28(33-31(35)37)27-12-7-8-17-32-27)26-18-22(5)34(23(26)6)29-20(3)10-9-11-21(29)4/h7-19,28,30H,1-6H3,(H,33,37)/t28-,30-/m1/s1. The van der Waals surface area contributed by atoms with E-state index < -0.39 is 0 Å². The number of rotatable bonds is 6. The van der Waals surface area contributed by atoms with Gasteiger partial charge in [0.25, 0.3) is 0 Å². The second-order valence-electron chi connectivity index (χ2n) is 10.1. The first kappa shape index (κ1) is 25.0. The highest BCUT2D eigenvalue weighted by atomic mass is 32.1. The van der Waals surface area contributed by atoms with Crippen LogP contribution in [0.25, 0.3) is 5.69 Å². The van der Waals surface area contributed by atoms with Gasteiger partial charge in [-0.3, -0.25) is 4.98 Å². The van der Waals surface area contributed by atoms with E-state index in [1.165, 1.54) is 33.8 Å². The van der Waals surface area contributed by atoms with Crippen LogP contribution in [0.3, 0.4) is 0 Å². The highest BCUT2D eigenvalue weighted by Crippen LogP contribution is 2.44. The molecule has 5 rings (SSSR count). The van der Waals surface area contributed by atoms with Crippen molar-refractivity contribution in [2.75, 3.05) is 4.90 Å². The Morgan fingerprint density at radius 2 is 1.62 bits per heavy atom. The monoisotopic (exact) mass is 510 g/mol. The normalized spacial score (nSPS) is 17.4. The maximum atomic E-state index is 5.95. The average molecular weight is 511 g/mol. The SMILES string of the molecule is Cc1cccc(C)c1-n1c(C)cc([C@@H]2[C@@H](c3ccccn3)NC(=S)N2c2ccc(OC(C)C)cc2)c1C. The lowest BCUT2D eigenvalue weighted by Gasteiger charge is -2.28. The molecule has 0 radical (unpaired) electrons. The minimum atomic E-state index is -0.0905. The van der Waals surface area contributed by atoms with E-state index in [0.29, 0.717) is 5.11 Å². The third-order valence-electron chi connectivity index (χ3n) is 7.04. The topological polar surface area (TPSA) is 42.3 Å². The molecule has 37 heavy (non-hydrogen) atoms. The fourth-order valence-corrected chi connectivity index (χ4v) is 5.84. The van der Waals surface area contributed by atoms with Gasteiger partial charge >= 0.3 is 0 Å². The van der Waals surface area contributed by atoms with Crippen molar-refractivity contribution in [2.45, 2.75) is 59.7 Å². The van der Waals surface area contributed by atoms with Crippen molar-refractivity contribution in [2.24, 2.45) is 0 Å². The molecule has 2 atom stereocenters. The number of nitrogens with one attached hydrogen (secondary N) is 1. The van der Waals surface area contributed by atoms with Crippen molar-refractivity contribution >= 4 is 23.0 Å². The van der Waals surface area contributed by atoms with Crippen molar-refractivity contribution in [3.05, 3.63) is 107 Å². The number of nitrogens with zero attached hydrogens (tertiary/aromatic N) is 3. The van der Waals surface area contributed by atoms with Gasteiger partial charge in [0.1, 0.15) is 5.75 Å². The van der Waals surface area contributed by atoms with E-state index in [0.717, 1.165) is 17.1 Å². The zero-order valence-corrected chi connectivity index (χ0v) is 23.1. The number of hydrogen-bond donors (Lipinski definition) is 1. The van der Waals surface area contributed by atoms with Crippen LogP contribution < -0.4 is 15.0 Å². The van der Waals surface area contributed by atoms with E-state index in [2.05, 4.69) is 84.9 Å². The van der Waals surface area contributed by atoms with Gasteiger partial charge in [0.05, 0.1) is 29.6 Å². The molecule has 0 spiro atoms. The fraction of sp³-hybridized carbons (Fsp3) is 0.290. The molecule has 2 aromatic carbocycles. The van der Waals surface area contributed by atoms with Crippen molar-refractivity contribution in [1.29, 1.82) is 0 Å². The summed E-state index contributed by atoms with van der Waals surface area (Å²) in [4.78, 5) is 6.94. The number of benzene rings is 2. The van der Waals surface area contributed by atoms with Gasteiger partial charge in [-0.15, -0.1) is 0 Å². The predicted molar refractivity (Wildman–Crippen MR) is 155 cm³/mol. The predicted octanol–water partition coefficient (Wildman–Crippen LogP) is 7.07. The van der Waals surface area contributed by atoms with Gasteiger partial charge in [-0.1, -0.05) is 24.3 Å². The molecule has 0 saturated carbocycles. The van der Waals surface area contributed by atoms with E-state index in [9.17, 15) is 0 Å². The first-order chi connectivity index (χ1) is 17.8. The summed E-state index contributed by atoms with van der Waals surface area (Å²) in [5, 5.41) is 4.28. The first-order valence-corrected chi connectivity index (χ1v) is 13.2. The molecule has 3 heterocycles. The van der Waals surface area contributed by atoms with Crippen LogP contribution in [-0.2, 0) is 0 Å². The van der Waals surface area contributed by atoms with E-state index in [4.69, 9.17) is 21.9 Å². The van der Waals surface area contributed by atoms with Crippen LogP contribution >= 0.6 is 12.2 Å². The summed E-state index contributed by atoms with van der Waals surface area (Å²) >= 11 is 5.95. The Hall–Kier alpha value is -3.64. The molecule has 1 aliphatic heterocycles. The molecule has 0 bridgehead atoms. The third kappa shape index (κ3) is 4.62. The summed E-state index contributed by atoms with van der Waals surface area (Å²) in [6.45, 7) is 12.8. The molecule has 6 heteroatoms. The number of aromatic nitrogens is 2. The molecule has 0 amide bonds. The van der Waals surface area contributed by atoms with E-state index in [-0.39, 0.29) is 18.2 Å². The zero-order chi connectivity index (χ0) is 26.3. The molecule has 4 aromatic rings. The number of hydrogen-bond acceptors (Lipinski definition) is 3. The van der Waals surface area contributed by atoms with Crippen LogP contribution in [0.5, 0.6) is 5.75 Å². The van der Waals surface area contributed by atoms with Gasteiger partial charge in [-0.2, -0.15) is 0 Å². The zero-order valence-electron chi connectivity index (χ0n) is 22.3. The Kier molecular flexibility index (Phi) is 6.78. The molecule has 5 nitrogen and oxygen atoms in total. The van der Waals surface area contributed by atoms with Crippen molar-refractivity contribution in [1.82, 2.24) is 14.9 Å². The van der Waals surface area contributed by atoms with Crippen LogP contribution in [0.15, 0.2) is 72.9 Å². The number of thiocarbonyl (C=S) groups is 1. The second-order valence-corrected chi connectivity index (χ2v) is 10.4. The van der Waals surface area contributed by atoms with E-state index >= 15 is 0 Å². The smallest absolute Gasteiger partial charge is 0.174 e. The lowest BCUT2D eigenvalue weighted by atomic mass is 9.96. The number of ether oxygens (including phenoxy) is 1. The Morgan fingerprint density at radius 1 is 0.919 bits per heavy atom. The van der Waals surface area contributed by atoms with Crippen LogP contribution in [0.2, 0.25) is 0 Å². The highest BCUT2D eigenvalue weighted by molar-refractivity contribution is 7.80. The molecule has 1 fully saturated rings. The van der Waals surface area contributed by atoms with Gasteiger partial charge in [0, 0.05) is 23.3 Å². The minimum Gasteiger partial charge on any atom is -0.491 e. The fourth-order valence-electron chi connectivity index (χ4n) is 5.50. The summed E-state index contributed by atoms with van der Waals surface area (Å²) in [5.74, 6) is 0.850. The molecule has 1 N–H and O–H groups in total. The van der Waals surface area contributed by atoms with Crippen LogP contribution in [0.1, 0.15) is 59.7 Å². The lowest BCUT2D eigenvalue weighted by Crippen LogP contribution is -2.29. The Labute approximate surface area is 225 Å². The average Bonchev–Trinajstić information content (AvgIpc) is 3.35. The van der Waals surface area contributed by atoms with E-state index in [1.54, 1.807) is 0 Å².